The first-order chi connectivity index (χ1) is 8.93. The Bertz CT molecular complexity index is 296. The molecule has 19 heavy (non-hydrogen) atoms. The van der Waals surface area contributed by atoms with E-state index in [1.807, 2.05) is 0 Å². The molecule has 0 heterocycles. The fourth-order valence-corrected chi connectivity index (χ4v) is 2.94. The fraction of sp³-hybridized carbons (Fsp3) is 0.846. The molecular formula is C13H25F2O3P. The maximum Gasteiger partial charge on any atom is 0.403 e. The second-order valence-electron chi connectivity index (χ2n) is 4.17. The normalized spacial score (nSPS) is 13.3. The average molecular weight is 298 g/mol. The molecule has 3 nitrogen and oxygen atoms in total. The summed E-state index contributed by atoms with van der Waals surface area (Å²) < 4.78 is 48.9. The van der Waals surface area contributed by atoms with Crippen LogP contribution in [-0.2, 0) is 13.6 Å². The van der Waals surface area contributed by atoms with Gasteiger partial charge in [-0.1, -0.05) is 32.3 Å². The fourth-order valence-electron chi connectivity index (χ4n) is 1.55. The van der Waals surface area contributed by atoms with Crippen LogP contribution in [0.5, 0.6) is 0 Å². The quantitative estimate of drug-likeness (QED) is 0.292. The van der Waals surface area contributed by atoms with Crippen LogP contribution < -0.4 is 0 Å². The number of halogens is 2. The summed E-state index contributed by atoms with van der Waals surface area (Å²) in [5.41, 5.74) is -3.57. The van der Waals surface area contributed by atoms with Gasteiger partial charge in [0.2, 0.25) is 0 Å². The average Bonchev–Trinajstić information content (AvgIpc) is 2.34. The van der Waals surface area contributed by atoms with Gasteiger partial charge in [-0.3, -0.25) is 4.57 Å². The van der Waals surface area contributed by atoms with E-state index in [-0.39, 0.29) is 13.2 Å². The Morgan fingerprint density at radius 2 is 1.63 bits per heavy atom. The number of rotatable bonds is 11. The lowest BCUT2D eigenvalue weighted by molar-refractivity contribution is 0.0791. The lowest BCUT2D eigenvalue weighted by atomic mass is 10.1. The third-order valence-corrected chi connectivity index (χ3v) is 4.58. The van der Waals surface area contributed by atoms with Crippen LogP contribution in [0.25, 0.3) is 0 Å². The van der Waals surface area contributed by atoms with E-state index < -0.39 is 13.3 Å². The van der Waals surface area contributed by atoms with Crippen molar-refractivity contribution in [3.63, 3.8) is 0 Å². The Labute approximate surface area is 114 Å². The summed E-state index contributed by atoms with van der Waals surface area (Å²) in [4.78, 5) is 0. The maximum absolute atomic E-state index is 13.8. The van der Waals surface area contributed by atoms with E-state index >= 15 is 0 Å². The smallest absolute Gasteiger partial charge is 0.304 e. The van der Waals surface area contributed by atoms with Crippen molar-refractivity contribution in [1.29, 1.82) is 0 Å². The zero-order chi connectivity index (χ0) is 14.8. The van der Waals surface area contributed by atoms with Gasteiger partial charge in [-0.2, -0.15) is 8.78 Å². The van der Waals surface area contributed by atoms with E-state index in [1.54, 1.807) is 0 Å². The first-order valence-corrected chi connectivity index (χ1v) is 8.42. The van der Waals surface area contributed by atoms with Gasteiger partial charge in [0, 0.05) is 0 Å². The number of hydrogen-bond acceptors (Lipinski definition) is 3. The van der Waals surface area contributed by atoms with Gasteiger partial charge < -0.3 is 9.05 Å². The highest BCUT2D eigenvalue weighted by molar-refractivity contribution is 7.55. The van der Waals surface area contributed by atoms with E-state index in [0.717, 1.165) is 25.7 Å². The van der Waals surface area contributed by atoms with Crippen molar-refractivity contribution in [2.75, 3.05) is 13.2 Å². The van der Waals surface area contributed by atoms with Gasteiger partial charge in [0.05, 0.1) is 13.2 Å². The summed E-state index contributed by atoms with van der Waals surface area (Å²) in [6.45, 7) is 4.96. The van der Waals surface area contributed by atoms with E-state index in [2.05, 4.69) is 16.0 Å². The number of hydrogen-bond donors (Lipinski definition) is 0. The van der Waals surface area contributed by atoms with Crippen molar-refractivity contribution < 1.29 is 22.4 Å². The number of unbranched alkanes of at least 4 members (excludes halogenated alkanes) is 4. The van der Waals surface area contributed by atoms with Gasteiger partial charge in [-0.05, 0) is 32.8 Å². The number of allylic oxidation sites excluding steroid dienone is 2. The van der Waals surface area contributed by atoms with Crippen molar-refractivity contribution in [2.24, 2.45) is 0 Å². The maximum atomic E-state index is 13.8. The third kappa shape index (κ3) is 6.64. The highest BCUT2D eigenvalue weighted by Crippen LogP contribution is 2.62. The van der Waals surface area contributed by atoms with Crippen LogP contribution in [0.4, 0.5) is 8.78 Å². The third-order valence-electron chi connectivity index (χ3n) is 2.51. The molecule has 0 fully saturated rings. The minimum Gasteiger partial charge on any atom is -0.304 e. The van der Waals surface area contributed by atoms with E-state index in [0.29, 0.717) is 12.5 Å². The number of alkyl halides is 2. The van der Waals surface area contributed by atoms with Gasteiger partial charge in [0.15, 0.2) is 0 Å². The van der Waals surface area contributed by atoms with Crippen molar-refractivity contribution in [3.05, 3.63) is 12.2 Å². The molecule has 0 saturated heterocycles. The molecule has 0 N–H and O–H groups in total. The zero-order valence-corrected chi connectivity index (χ0v) is 12.9. The van der Waals surface area contributed by atoms with Gasteiger partial charge in [-0.15, -0.1) is 0 Å². The minimum atomic E-state index is -4.40. The Balaban J connectivity index is 4.46. The van der Waals surface area contributed by atoms with Crippen LogP contribution in [0.2, 0.25) is 0 Å². The van der Waals surface area contributed by atoms with Gasteiger partial charge in [0.1, 0.15) is 0 Å². The first-order valence-electron chi connectivity index (χ1n) is 6.88. The van der Waals surface area contributed by atoms with Crippen LogP contribution in [0.1, 0.15) is 52.9 Å². The Morgan fingerprint density at radius 1 is 1.05 bits per heavy atom. The summed E-state index contributed by atoms with van der Waals surface area (Å²) in [5.74, 6) is 0. The molecule has 0 amide bonds. The molecule has 6 heteroatoms. The summed E-state index contributed by atoms with van der Waals surface area (Å²) in [7, 11) is -4.40. The van der Waals surface area contributed by atoms with Crippen LogP contribution in [0.3, 0.4) is 0 Å². The molecule has 0 unspecified atom stereocenters. The standard InChI is InChI=1S/C13H25F2O3P/c1-4-7-8-9-10-11-12-13(14,15)19(16,17-5-2)18-6-3/h11-12H,4-10H2,1-3H3/b12-11+. The predicted octanol–water partition coefficient (Wildman–Crippen LogP) is 5.37. The molecule has 0 aromatic heterocycles. The summed E-state index contributed by atoms with van der Waals surface area (Å²) in [5, 5.41) is 0. The van der Waals surface area contributed by atoms with Crippen molar-refractivity contribution in [3.8, 4) is 0 Å². The SMILES string of the molecule is CCCCCC/C=C/C(F)(F)P(=O)(OCC)OCC. The molecule has 0 atom stereocenters. The molecule has 0 aliphatic carbocycles. The molecule has 0 bridgehead atoms. The van der Waals surface area contributed by atoms with E-state index in [4.69, 9.17) is 0 Å². The van der Waals surface area contributed by atoms with Crippen molar-refractivity contribution in [2.45, 2.75) is 58.5 Å². The molecule has 0 aromatic rings. The predicted molar refractivity (Wildman–Crippen MR) is 73.7 cm³/mol. The van der Waals surface area contributed by atoms with Gasteiger partial charge in [0.25, 0.3) is 0 Å². The van der Waals surface area contributed by atoms with Crippen LogP contribution in [-0.4, -0.2) is 18.9 Å². The molecule has 0 rings (SSSR count). The topological polar surface area (TPSA) is 35.5 Å². The van der Waals surface area contributed by atoms with Gasteiger partial charge in [-0.25, -0.2) is 0 Å². The Kier molecular flexibility index (Phi) is 9.50. The molecule has 0 saturated carbocycles. The summed E-state index contributed by atoms with van der Waals surface area (Å²) in [6, 6.07) is 0. The van der Waals surface area contributed by atoms with Crippen LogP contribution in [0, 0.1) is 0 Å². The highest BCUT2D eigenvalue weighted by Gasteiger charge is 2.51. The van der Waals surface area contributed by atoms with Crippen molar-refractivity contribution >= 4 is 7.60 Å². The lowest BCUT2D eigenvalue weighted by Gasteiger charge is -2.23. The largest absolute Gasteiger partial charge is 0.403 e. The summed E-state index contributed by atoms with van der Waals surface area (Å²) in [6.07, 6.45) is 6.64. The van der Waals surface area contributed by atoms with E-state index in [9.17, 15) is 13.3 Å². The highest BCUT2D eigenvalue weighted by atomic mass is 31.2. The summed E-state index contributed by atoms with van der Waals surface area (Å²) >= 11 is 0. The zero-order valence-electron chi connectivity index (χ0n) is 12.0. The second-order valence-corrected chi connectivity index (χ2v) is 6.28. The first kappa shape index (κ1) is 18.8. The van der Waals surface area contributed by atoms with Crippen molar-refractivity contribution in [1.82, 2.24) is 0 Å². The van der Waals surface area contributed by atoms with Gasteiger partial charge >= 0.3 is 13.3 Å². The monoisotopic (exact) mass is 298 g/mol. The minimum absolute atomic E-state index is 0.0722. The lowest BCUT2D eigenvalue weighted by Crippen LogP contribution is -2.17. The van der Waals surface area contributed by atoms with Crippen LogP contribution in [0.15, 0.2) is 12.2 Å². The second kappa shape index (κ2) is 9.62. The molecular weight excluding hydrogens is 273 g/mol. The Hall–Kier alpha value is -0.250. The Morgan fingerprint density at radius 3 is 2.11 bits per heavy atom. The molecule has 114 valence electrons. The molecule has 0 radical (unpaired) electrons. The molecule has 0 aromatic carbocycles. The molecule has 0 aliphatic heterocycles. The molecule has 0 aliphatic rings. The van der Waals surface area contributed by atoms with E-state index in [1.165, 1.54) is 19.9 Å². The van der Waals surface area contributed by atoms with Crippen LogP contribution >= 0.6 is 7.60 Å². The molecule has 0 spiro atoms.